The predicted octanol–water partition coefficient (Wildman–Crippen LogP) is 3.76. The summed E-state index contributed by atoms with van der Waals surface area (Å²) >= 11 is 1.37. The van der Waals surface area contributed by atoms with Gasteiger partial charge in [0.2, 0.25) is 0 Å². The van der Waals surface area contributed by atoms with Gasteiger partial charge in [-0.25, -0.2) is 9.37 Å². The van der Waals surface area contributed by atoms with Crippen molar-refractivity contribution in [1.29, 1.82) is 0 Å². The lowest BCUT2D eigenvalue weighted by Crippen LogP contribution is -2.62. The maximum atomic E-state index is 13.7. The number of aromatic amines is 1. The van der Waals surface area contributed by atoms with E-state index in [-0.39, 0.29) is 29.7 Å². The largest absolute Gasteiger partial charge is 0.361 e. The number of hydrogen-bond acceptors (Lipinski definition) is 5. The minimum Gasteiger partial charge on any atom is -0.361 e. The number of halogens is 1. The molecule has 9 heteroatoms. The molecule has 2 aromatic carbocycles. The highest BCUT2D eigenvalue weighted by Gasteiger charge is 2.35. The number of carbonyl (C=O) groups is 2. The van der Waals surface area contributed by atoms with Gasteiger partial charge in [0, 0.05) is 78.1 Å². The van der Waals surface area contributed by atoms with Crippen LogP contribution in [0.3, 0.4) is 0 Å². The Kier molecular flexibility index (Phi) is 5.58. The molecule has 2 aliphatic rings. The Balaban J connectivity index is 1.05. The van der Waals surface area contributed by atoms with Crippen LogP contribution in [0.5, 0.6) is 0 Å². The van der Waals surface area contributed by atoms with Crippen molar-refractivity contribution in [1.82, 2.24) is 25.1 Å². The molecule has 0 radical (unpaired) electrons. The Morgan fingerprint density at radius 1 is 1.06 bits per heavy atom. The second-order valence-corrected chi connectivity index (χ2v) is 10.0. The molecule has 0 aliphatic carbocycles. The second-order valence-electron chi connectivity index (χ2n) is 9.12. The van der Waals surface area contributed by atoms with Gasteiger partial charge in [0.1, 0.15) is 5.82 Å². The molecule has 4 aromatic rings. The van der Waals surface area contributed by atoms with Crippen LogP contribution in [0.25, 0.3) is 22.0 Å². The number of benzene rings is 2. The van der Waals surface area contributed by atoms with Crippen LogP contribution in [0.2, 0.25) is 0 Å². The number of aromatic nitrogens is 2. The van der Waals surface area contributed by atoms with Gasteiger partial charge in [-0.3, -0.25) is 9.59 Å². The first-order chi connectivity index (χ1) is 17.0. The zero-order valence-electron chi connectivity index (χ0n) is 18.9. The number of fused-ring (bicyclic) bond motifs is 1. The lowest BCUT2D eigenvalue weighted by molar-refractivity contribution is 0.0553. The lowest BCUT2D eigenvalue weighted by atomic mass is 10.0. The average Bonchev–Trinajstić information content (AvgIpc) is 3.61. The van der Waals surface area contributed by atoms with E-state index in [9.17, 15) is 14.0 Å². The lowest BCUT2D eigenvalue weighted by Gasteiger charge is -2.41. The van der Waals surface area contributed by atoms with Gasteiger partial charge in [-0.05, 0) is 36.2 Å². The van der Waals surface area contributed by atoms with Gasteiger partial charge in [0.05, 0.1) is 0 Å². The summed E-state index contributed by atoms with van der Waals surface area (Å²) in [6, 6.07) is 12.6. The van der Waals surface area contributed by atoms with Gasteiger partial charge in [-0.2, -0.15) is 0 Å². The SMILES string of the molecule is O=C(c1ccc2c(-c3cccc(F)c3)c[nH]c2c1)N1CC(N[C@H]2CCN(C(=O)c3nccs3)C2)C1. The zero-order valence-corrected chi connectivity index (χ0v) is 19.7. The molecule has 1 atom stereocenters. The van der Waals surface area contributed by atoms with Gasteiger partial charge >= 0.3 is 0 Å². The van der Waals surface area contributed by atoms with E-state index in [2.05, 4.69) is 15.3 Å². The number of H-pyrrole nitrogens is 1. The molecule has 2 aromatic heterocycles. The Labute approximate surface area is 205 Å². The van der Waals surface area contributed by atoms with Crippen LogP contribution < -0.4 is 5.32 Å². The summed E-state index contributed by atoms with van der Waals surface area (Å²) in [5, 5.41) is 6.90. The van der Waals surface area contributed by atoms with Crippen molar-refractivity contribution in [2.45, 2.75) is 18.5 Å². The quantitative estimate of drug-likeness (QED) is 0.447. The van der Waals surface area contributed by atoms with Crippen molar-refractivity contribution in [2.75, 3.05) is 26.2 Å². The maximum absolute atomic E-state index is 13.7. The molecule has 2 N–H and O–H groups in total. The summed E-state index contributed by atoms with van der Waals surface area (Å²) in [4.78, 5) is 36.5. The highest BCUT2D eigenvalue weighted by Crippen LogP contribution is 2.30. The van der Waals surface area contributed by atoms with Crippen LogP contribution >= 0.6 is 11.3 Å². The van der Waals surface area contributed by atoms with Crippen molar-refractivity contribution in [3.05, 3.63) is 76.6 Å². The first-order valence-corrected chi connectivity index (χ1v) is 12.5. The highest BCUT2D eigenvalue weighted by molar-refractivity contribution is 7.11. The van der Waals surface area contributed by atoms with Crippen LogP contribution in [-0.4, -0.2) is 69.8 Å². The number of amides is 2. The predicted molar refractivity (Wildman–Crippen MR) is 133 cm³/mol. The van der Waals surface area contributed by atoms with E-state index in [0.717, 1.165) is 35.0 Å². The number of rotatable bonds is 5. The van der Waals surface area contributed by atoms with Crippen molar-refractivity contribution in [2.24, 2.45) is 0 Å². The Bertz CT molecular complexity index is 1400. The fourth-order valence-electron chi connectivity index (χ4n) is 4.96. The summed E-state index contributed by atoms with van der Waals surface area (Å²) in [5.41, 5.74) is 3.18. The molecule has 0 saturated carbocycles. The third kappa shape index (κ3) is 4.21. The van der Waals surface area contributed by atoms with Gasteiger partial charge in [0.25, 0.3) is 11.8 Å². The topological polar surface area (TPSA) is 81.3 Å². The van der Waals surface area contributed by atoms with Crippen LogP contribution in [0.4, 0.5) is 4.39 Å². The Morgan fingerprint density at radius 2 is 1.91 bits per heavy atom. The van der Waals surface area contributed by atoms with E-state index >= 15 is 0 Å². The van der Waals surface area contributed by atoms with Gasteiger partial charge in [0.15, 0.2) is 5.01 Å². The molecular weight excluding hydrogens is 465 g/mol. The molecule has 35 heavy (non-hydrogen) atoms. The smallest absolute Gasteiger partial charge is 0.282 e. The number of thiazole rings is 1. The standard InChI is InChI=1S/C26H24FN5O2S/c27-18-3-1-2-16(10-18)22-12-29-23-11-17(4-5-21(22)23)25(33)32-14-20(15-32)30-19-6-8-31(13-19)26(34)24-28-7-9-35-24/h1-5,7,9-12,19-20,29-30H,6,8,13-15H2/t19-/m0/s1. The van der Waals surface area contributed by atoms with Crippen molar-refractivity contribution >= 4 is 34.1 Å². The molecule has 2 aliphatic heterocycles. The third-order valence-corrected chi connectivity index (χ3v) is 7.56. The number of carbonyl (C=O) groups excluding carboxylic acids is 2. The van der Waals surface area contributed by atoms with E-state index in [1.54, 1.807) is 12.3 Å². The molecular formula is C26H24FN5O2S. The Morgan fingerprint density at radius 3 is 2.71 bits per heavy atom. The minimum absolute atomic E-state index is 0.00106. The maximum Gasteiger partial charge on any atom is 0.282 e. The first-order valence-electron chi connectivity index (χ1n) is 11.7. The number of nitrogens with one attached hydrogen (secondary N) is 2. The molecule has 4 heterocycles. The molecule has 0 spiro atoms. The van der Waals surface area contributed by atoms with Gasteiger partial charge < -0.3 is 20.1 Å². The van der Waals surface area contributed by atoms with Crippen molar-refractivity contribution in [3.8, 4) is 11.1 Å². The molecule has 0 unspecified atom stereocenters. The van der Waals surface area contributed by atoms with Crippen molar-refractivity contribution in [3.63, 3.8) is 0 Å². The third-order valence-electron chi connectivity index (χ3n) is 6.80. The fraction of sp³-hybridized carbons (Fsp3) is 0.269. The second kappa shape index (κ2) is 8.90. The van der Waals surface area contributed by atoms with Gasteiger partial charge in [-0.1, -0.05) is 18.2 Å². The van der Waals surface area contributed by atoms with Crippen LogP contribution in [-0.2, 0) is 0 Å². The first kappa shape index (κ1) is 21.9. The van der Waals surface area contributed by atoms with E-state index in [0.29, 0.717) is 30.2 Å². The molecule has 2 fully saturated rings. The van der Waals surface area contributed by atoms with E-state index in [1.807, 2.05) is 45.6 Å². The molecule has 7 nitrogen and oxygen atoms in total. The zero-order chi connectivity index (χ0) is 23.9. The van der Waals surface area contributed by atoms with Gasteiger partial charge in [-0.15, -0.1) is 11.3 Å². The summed E-state index contributed by atoms with van der Waals surface area (Å²) in [5.74, 6) is -0.283. The molecule has 178 valence electrons. The number of hydrogen-bond donors (Lipinski definition) is 2. The molecule has 2 saturated heterocycles. The number of likely N-dealkylation sites (tertiary alicyclic amines) is 2. The molecule has 2 amide bonds. The van der Waals surface area contributed by atoms with Crippen LogP contribution in [0.1, 0.15) is 26.6 Å². The molecule has 0 bridgehead atoms. The summed E-state index contributed by atoms with van der Waals surface area (Å²) in [6.07, 6.45) is 4.40. The van der Waals surface area contributed by atoms with E-state index in [4.69, 9.17) is 0 Å². The minimum atomic E-state index is -0.277. The van der Waals surface area contributed by atoms with E-state index < -0.39 is 0 Å². The summed E-state index contributed by atoms with van der Waals surface area (Å²) < 4.78 is 13.7. The van der Waals surface area contributed by atoms with E-state index in [1.165, 1.54) is 23.5 Å². The summed E-state index contributed by atoms with van der Waals surface area (Å²) in [7, 11) is 0. The highest BCUT2D eigenvalue weighted by atomic mass is 32.1. The molecule has 6 rings (SSSR count). The monoisotopic (exact) mass is 489 g/mol. The van der Waals surface area contributed by atoms with Crippen LogP contribution in [0, 0.1) is 5.82 Å². The summed E-state index contributed by atoms with van der Waals surface area (Å²) in [6.45, 7) is 2.68. The number of nitrogens with zero attached hydrogens (tertiary/aromatic N) is 3. The average molecular weight is 490 g/mol. The fourth-order valence-corrected chi connectivity index (χ4v) is 5.57. The normalized spacial score (nSPS) is 18.3. The van der Waals surface area contributed by atoms with Crippen LogP contribution in [0.15, 0.2) is 60.2 Å². The Hall–Kier alpha value is -3.56. The van der Waals surface area contributed by atoms with Crippen molar-refractivity contribution < 1.29 is 14.0 Å².